The number of hydrogen-bond donors (Lipinski definition) is 1. The molecule has 1 saturated heterocycles. The summed E-state index contributed by atoms with van der Waals surface area (Å²) < 4.78 is 0. The topological polar surface area (TPSA) is 58.5 Å². The predicted molar refractivity (Wildman–Crippen MR) is 83.4 cm³/mol. The summed E-state index contributed by atoms with van der Waals surface area (Å²) in [5.74, 6) is -0.366. The molecule has 1 heterocycles. The molecular formula is C16H12N2O2S. The summed E-state index contributed by atoms with van der Waals surface area (Å²) in [6.45, 7) is 0. The summed E-state index contributed by atoms with van der Waals surface area (Å²) in [6.07, 6.45) is 0. The summed E-state index contributed by atoms with van der Waals surface area (Å²) in [5.41, 5.74) is 2.53. The van der Waals surface area contributed by atoms with E-state index in [-0.39, 0.29) is 11.1 Å². The van der Waals surface area contributed by atoms with Crippen molar-refractivity contribution in [2.24, 2.45) is 4.99 Å². The summed E-state index contributed by atoms with van der Waals surface area (Å²) >= 11 is 0.904. The van der Waals surface area contributed by atoms with Crippen LogP contribution in [0.1, 0.15) is 11.1 Å². The van der Waals surface area contributed by atoms with E-state index in [0.29, 0.717) is 5.71 Å². The second-order valence-electron chi connectivity index (χ2n) is 4.46. The van der Waals surface area contributed by atoms with Crippen LogP contribution in [-0.2, 0) is 4.79 Å². The van der Waals surface area contributed by atoms with Crippen LogP contribution in [0.5, 0.6) is 0 Å². The summed E-state index contributed by atoms with van der Waals surface area (Å²) in [5, 5.41) is 1.17. The lowest BCUT2D eigenvalue weighted by Crippen LogP contribution is -2.24. The third-order valence-electron chi connectivity index (χ3n) is 3.01. The maximum absolute atomic E-state index is 11.7. The van der Waals surface area contributed by atoms with E-state index in [2.05, 4.69) is 10.3 Å². The number of carbonyl (C=O) groups excluding carboxylic acids is 2. The third kappa shape index (κ3) is 3.03. The van der Waals surface area contributed by atoms with Crippen LogP contribution in [0, 0.1) is 0 Å². The Morgan fingerprint density at radius 2 is 1.43 bits per heavy atom. The molecule has 1 unspecified atom stereocenters. The van der Waals surface area contributed by atoms with Gasteiger partial charge >= 0.3 is 0 Å². The van der Waals surface area contributed by atoms with Gasteiger partial charge in [-0.25, -0.2) is 0 Å². The van der Waals surface area contributed by atoms with Gasteiger partial charge in [-0.05, 0) is 11.8 Å². The molecule has 0 radical (unpaired) electrons. The Hall–Kier alpha value is -2.40. The number of thioether (sulfide) groups is 1. The zero-order valence-electron chi connectivity index (χ0n) is 11.0. The minimum Gasteiger partial charge on any atom is -0.284 e. The molecule has 0 aliphatic carbocycles. The van der Waals surface area contributed by atoms with Gasteiger partial charge in [0, 0.05) is 11.1 Å². The number of nitrogens with zero attached hydrogens (tertiary/aromatic N) is 1. The van der Waals surface area contributed by atoms with Crippen LogP contribution in [0.15, 0.2) is 65.7 Å². The average molecular weight is 296 g/mol. The molecule has 2 amide bonds. The number of rotatable bonds is 3. The first-order valence-corrected chi connectivity index (χ1v) is 7.32. The normalized spacial score (nSPS) is 17.4. The van der Waals surface area contributed by atoms with Crippen molar-refractivity contribution in [2.45, 2.75) is 5.37 Å². The summed E-state index contributed by atoms with van der Waals surface area (Å²) in [6, 6.07) is 19.3. The number of aliphatic imine (C=N–C) groups is 1. The maximum Gasteiger partial charge on any atom is 0.288 e. The first-order valence-electron chi connectivity index (χ1n) is 6.44. The molecule has 2 aromatic carbocycles. The number of nitrogens with one attached hydrogen (secondary N) is 1. The Bertz CT molecular complexity index is 657. The van der Waals surface area contributed by atoms with E-state index in [0.717, 1.165) is 22.9 Å². The standard InChI is InChI=1S/C16H12N2O2S/c19-14-15(21-16(20)18-14)17-13(11-7-3-1-4-8-11)12-9-5-2-6-10-12/h1-10,15H,(H,18,19,20). The van der Waals surface area contributed by atoms with Crippen molar-refractivity contribution in [3.05, 3.63) is 71.8 Å². The highest BCUT2D eigenvalue weighted by atomic mass is 32.2. The molecule has 0 spiro atoms. The van der Waals surface area contributed by atoms with Gasteiger partial charge in [0.1, 0.15) is 0 Å². The number of imide groups is 1. The van der Waals surface area contributed by atoms with Gasteiger partial charge in [0.05, 0.1) is 5.71 Å². The third-order valence-corrected chi connectivity index (χ3v) is 3.87. The number of carbonyl (C=O) groups is 2. The van der Waals surface area contributed by atoms with Gasteiger partial charge < -0.3 is 0 Å². The second kappa shape index (κ2) is 5.93. The summed E-state index contributed by atoms with van der Waals surface area (Å²) in [4.78, 5) is 27.5. The van der Waals surface area contributed by atoms with Crippen molar-refractivity contribution in [1.82, 2.24) is 5.32 Å². The predicted octanol–water partition coefficient (Wildman–Crippen LogP) is 2.83. The van der Waals surface area contributed by atoms with Crippen molar-refractivity contribution < 1.29 is 9.59 Å². The van der Waals surface area contributed by atoms with Gasteiger partial charge in [-0.1, -0.05) is 60.7 Å². The van der Waals surface area contributed by atoms with Crippen molar-refractivity contribution in [3.8, 4) is 0 Å². The molecular weight excluding hydrogens is 284 g/mol. The molecule has 1 aliphatic rings. The molecule has 1 atom stereocenters. The van der Waals surface area contributed by atoms with Crippen LogP contribution in [0.2, 0.25) is 0 Å². The average Bonchev–Trinajstić information content (AvgIpc) is 2.84. The Kier molecular flexibility index (Phi) is 3.83. The van der Waals surface area contributed by atoms with Crippen LogP contribution < -0.4 is 5.32 Å². The fourth-order valence-corrected chi connectivity index (χ4v) is 2.74. The first-order chi connectivity index (χ1) is 10.2. The van der Waals surface area contributed by atoms with Crippen molar-refractivity contribution in [2.75, 3.05) is 0 Å². The smallest absolute Gasteiger partial charge is 0.284 e. The summed E-state index contributed by atoms with van der Waals surface area (Å²) in [7, 11) is 0. The van der Waals surface area contributed by atoms with Gasteiger partial charge in [0.2, 0.25) is 0 Å². The minimum absolute atomic E-state index is 0.353. The zero-order valence-corrected chi connectivity index (χ0v) is 11.8. The van der Waals surface area contributed by atoms with E-state index in [1.54, 1.807) is 0 Å². The quantitative estimate of drug-likeness (QED) is 0.886. The van der Waals surface area contributed by atoms with Gasteiger partial charge in [-0.2, -0.15) is 0 Å². The lowest BCUT2D eigenvalue weighted by atomic mass is 10.0. The van der Waals surface area contributed by atoms with Gasteiger partial charge in [-0.15, -0.1) is 0 Å². The molecule has 1 fully saturated rings. The number of hydrogen-bond acceptors (Lipinski definition) is 4. The fraction of sp³-hybridized carbons (Fsp3) is 0.0625. The molecule has 0 aromatic heterocycles. The van der Waals surface area contributed by atoms with Crippen LogP contribution in [-0.4, -0.2) is 22.2 Å². The molecule has 5 heteroatoms. The highest BCUT2D eigenvalue weighted by molar-refractivity contribution is 8.15. The Morgan fingerprint density at radius 3 is 1.86 bits per heavy atom. The molecule has 4 nitrogen and oxygen atoms in total. The number of benzene rings is 2. The van der Waals surface area contributed by atoms with E-state index in [4.69, 9.17) is 0 Å². The monoisotopic (exact) mass is 296 g/mol. The van der Waals surface area contributed by atoms with E-state index in [1.807, 2.05) is 60.7 Å². The lowest BCUT2D eigenvalue weighted by Gasteiger charge is -2.09. The van der Waals surface area contributed by atoms with Crippen LogP contribution in [0.4, 0.5) is 4.79 Å². The molecule has 21 heavy (non-hydrogen) atoms. The lowest BCUT2D eigenvalue weighted by molar-refractivity contribution is -0.118. The van der Waals surface area contributed by atoms with Gasteiger partial charge in [0.15, 0.2) is 5.37 Å². The number of amides is 2. The van der Waals surface area contributed by atoms with E-state index in [1.165, 1.54) is 0 Å². The second-order valence-corrected chi connectivity index (χ2v) is 5.51. The van der Waals surface area contributed by atoms with Gasteiger partial charge in [0.25, 0.3) is 11.1 Å². The Morgan fingerprint density at radius 1 is 0.905 bits per heavy atom. The Balaban J connectivity index is 2.05. The van der Waals surface area contributed by atoms with Crippen LogP contribution >= 0.6 is 11.8 Å². The maximum atomic E-state index is 11.7. The molecule has 1 aliphatic heterocycles. The van der Waals surface area contributed by atoms with Crippen molar-refractivity contribution in [3.63, 3.8) is 0 Å². The molecule has 3 rings (SSSR count). The molecule has 0 bridgehead atoms. The van der Waals surface area contributed by atoms with Gasteiger partial charge in [-0.3, -0.25) is 19.9 Å². The van der Waals surface area contributed by atoms with E-state index < -0.39 is 5.37 Å². The highest BCUT2D eigenvalue weighted by Gasteiger charge is 2.31. The van der Waals surface area contributed by atoms with Crippen LogP contribution in [0.25, 0.3) is 0 Å². The highest BCUT2D eigenvalue weighted by Crippen LogP contribution is 2.22. The van der Waals surface area contributed by atoms with Crippen molar-refractivity contribution >= 4 is 28.6 Å². The molecule has 2 aromatic rings. The fourth-order valence-electron chi connectivity index (χ4n) is 2.06. The Labute approximate surface area is 126 Å². The SMILES string of the molecule is O=C1NC(=O)C(N=C(c2ccccc2)c2ccccc2)S1. The van der Waals surface area contributed by atoms with E-state index in [9.17, 15) is 9.59 Å². The molecule has 0 saturated carbocycles. The van der Waals surface area contributed by atoms with Crippen molar-refractivity contribution in [1.29, 1.82) is 0 Å². The van der Waals surface area contributed by atoms with Crippen LogP contribution in [0.3, 0.4) is 0 Å². The zero-order chi connectivity index (χ0) is 14.7. The first kappa shape index (κ1) is 13.6. The largest absolute Gasteiger partial charge is 0.288 e. The molecule has 1 N–H and O–H groups in total. The minimum atomic E-state index is -0.729. The molecule has 104 valence electrons. The van der Waals surface area contributed by atoms with E-state index >= 15 is 0 Å².